The summed E-state index contributed by atoms with van der Waals surface area (Å²) in [6.45, 7) is 12.5. The van der Waals surface area contributed by atoms with Crippen LogP contribution < -0.4 is 5.32 Å². The fourth-order valence-corrected chi connectivity index (χ4v) is 4.34. The van der Waals surface area contributed by atoms with Crippen molar-refractivity contribution in [2.45, 2.75) is 66.5 Å². The number of nitrogens with one attached hydrogen (secondary N) is 1. The van der Waals surface area contributed by atoms with Crippen LogP contribution >= 0.6 is 11.6 Å². The molecule has 1 aromatic carbocycles. The van der Waals surface area contributed by atoms with Crippen molar-refractivity contribution in [3.05, 3.63) is 34.3 Å². The van der Waals surface area contributed by atoms with Crippen molar-refractivity contribution in [1.29, 1.82) is 0 Å². The molecule has 0 bridgehead atoms. The van der Waals surface area contributed by atoms with Crippen molar-refractivity contribution < 1.29 is 0 Å². The molecule has 0 saturated heterocycles. The minimum Gasteiger partial charge on any atom is -0.310 e. The first kappa shape index (κ1) is 15.9. The molecule has 1 nitrogen and oxygen atoms in total. The van der Waals surface area contributed by atoms with E-state index in [1.165, 1.54) is 30.4 Å². The third-order valence-electron chi connectivity index (χ3n) is 4.34. The largest absolute Gasteiger partial charge is 0.310 e. The standard InChI is InChI=1S/C18H28ClN/c1-13-6-7-14(16(19)8-13)11-20-15-9-17(2,3)12-18(4,5)10-15/h6-8,15,20H,9-12H2,1-5H3. The molecule has 2 heteroatoms. The van der Waals surface area contributed by atoms with Crippen molar-refractivity contribution in [2.75, 3.05) is 0 Å². The minimum absolute atomic E-state index is 0.427. The van der Waals surface area contributed by atoms with Gasteiger partial charge in [0.1, 0.15) is 0 Å². The van der Waals surface area contributed by atoms with Gasteiger partial charge in [0.2, 0.25) is 0 Å². The molecule has 1 aromatic rings. The van der Waals surface area contributed by atoms with Gasteiger partial charge in [0.25, 0.3) is 0 Å². The first-order valence-corrected chi connectivity index (χ1v) is 8.03. The summed E-state index contributed by atoms with van der Waals surface area (Å²) < 4.78 is 0. The molecular formula is C18H28ClN. The van der Waals surface area contributed by atoms with Crippen molar-refractivity contribution in [2.24, 2.45) is 10.8 Å². The molecule has 0 heterocycles. The molecule has 0 spiro atoms. The van der Waals surface area contributed by atoms with Crippen molar-refractivity contribution in [3.8, 4) is 0 Å². The maximum atomic E-state index is 6.32. The van der Waals surface area contributed by atoms with E-state index in [2.05, 4.69) is 52.1 Å². The Morgan fingerprint density at radius 1 is 1.15 bits per heavy atom. The Bertz CT molecular complexity index is 460. The molecule has 1 saturated carbocycles. The smallest absolute Gasteiger partial charge is 0.0453 e. The lowest BCUT2D eigenvalue weighted by molar-refractivity contribution is 0.0845. The second kappa shape index (κ2) is 5.69. The van der Waals surface area contributed by atoms with Gasteiger partial charge >= 0.3 is 0 Å². The quantitative estimate of drug-likeness (QED) is 0.793. The monoisotopic (exact) mass is 293 g/mol. The van der Waals surface area contributed by atoms with Gasteiger partial charge in [-0.15, -0.1) is 0 Å². The Hall–Kier alpha value is -0.530. The Kier molecular flexibility index (Phi) is 4.51. The number of aryl methyl sites for hydroxylation is 1. The van der Waals surface area contributed by atoms with Crippen LogP contribution in [0.2, 0.25) is 5.02 Å². The van der Waals surface area contributed by atoms with E-state index in [-0.39, 0.29) is 0 Å². The van der Waals surface area contributed by atoms with Gasteiger partial charge in [0.05, 0.1) is 0 Å². The van der Waals surface area contributed by atoms with Gasteiger partial charge in [-0.05, 0) is 54.2 Å². The van der Waals surface area contributed by atoms with E-state index in [4.69, 9.17) is 11.6 Å². The number of benzene rings is 1. The summed E-state index contributed by atoms with van der Waals surface area (Å²) >= 11 is 6.32. The first-order valence-electron chi connectivity index (χ1n) is 7.65. The van der Waals surface area contributed by atoms with Crippen LogP contribution in [0.15, 0.2) is 18.2 Å². The summed E-state index contributed by atoms with van der Waals surface area (Å²) in [5, 5.41) is 4.61. The fourth-order valence-electron chi connectivity index (χ4n) is 4.04. The maximum absolute atomic E-state index is 6.32. The average Bonchev–Trinajstić information content (AvgIpc) is 2.23. The zero-order valence-corrected chi connectivity index (χ0v) is 14.3. The highest BCUT2D eigenvalue weighted by Gasteiger charge is 2.38. The van der Waals surface area contributed by atoms with E-state index in [0.29, 0.717) is 16.9 Å². The minimum atomic E-state index is 0.427. The van der Waals surface area contributed by atoms with Gasteiger partial charge in [-0.1, -0.05) is 51.4 Å². The molecule has 1 N–H and O–H groups in total. The highest BCUT2D eigenvalue weighted by molar-refractivity contribution is 6.31. The van der Waals surface area contributed by atoms with Crippen molar-refractivity contribution in [3.63, 3.8) is 0 Å². The zero-order valence-electron chi connectivity index (χ0n) is 13.5. The van der Waals surface area contributed by atoms with Crippen LogP contribution in [0.4, 0.5) is 0 Å². The Morgan fingerprint density at radius 2 is 1.75 bits per heavy atom. The third-order valence-corrected chi connectivity index (χ3v) is 4.70. The van der Waals surface area contributed by atoms with Gasteiger partial charge < -0.3 is 5.32 Å². The van der Waals surface area contributed by atoms with Crippen LogP contribution in [0.1, 0.15) is 58.1 Å². The molecule has 1 aliphatic rings. The number of hydrogen-bond donors (Lipinski definition) is 1. The molecular weight excluding hydrogens is 266 g/mol. The van der Waals surface area contributed by atoms with Gasteiger partial charge in [0, 0.05) is 17.6 Å². The third kappa shape index (κ3) is 4.23. The predicted molar refractivity (Wildman–Crippen MR) is 88.2 cm³/mol. The molecule has 0 atom stereocenters. The van der Waals surface area contributed by atoms with E-state index >= 15 is 0 Å². The number of rotatable bonds is 3. The van der Waals surface area contributed by atoms with E-state index in [0.717, 1.165) is 11.6 Å². The van der Waals surface area contributed by atoms with Crippen LogP contribution in [-0.4, -0.2) is 6.04 Å². The van der Waals surface area contributed by atoms with E-state index in [1.807, 2.05) is 6.07 Å². The summed E-state index contributed by atoms with van der Waals surface area (Å²) in [5.74, 6) is 0. The highest BCUT2D eigenvalue weighted by atomic mass is 35.5. The Morgan fingerprint density at radius 3 is 2.30 bits per heavy atom. The fraction of sp³-hybridized carbons (Fsp3) is 0.667. The normalized spacial score (nSPS) is 21.9. The van der Waals surface area contributed by atoms with Crippen LogP contribution in [0.3, 0.4) is 0 Å². The van der Waals surface area contributed by atoms with Gasteiger partial charge in [-0.2, -0.15) is 0 Å². The summed E-state index contributed by atoms with van der Waals surface area (Å²) in [7, 11) is 0. The van der Waals surface area contributed by atoms with Crippen LogP contribution in [0.5, 0.6) is 0 Å². The zero-order chi connectivity index (χ0) is 15.0. The van der Waals surface area contributed by atoms with E-state index < -0.39 is 0 Å². The molecule has 20 heavy (non-hydrogen) atoms. The molecule has 0 aliphatic heterocycles. The van der Waals surface area contributed by atoms with Crippen LogP contribution in [0.25, 0.3) is 0 Å². The summed E-state index contributed by atoms with van der Waals surface area (Å²) in [6, 6.07) is 6.92. The summed E-state index contributed by atoms with van der Waals surface area (Å²) in [4.78, 5) is 0. The Balaban J connectivity index is 2.00. The summed E-state index contributed by atoms with van der Waals surface area (Å²) in [6.07, 6.45) is 3.81. The average molecular weight is 294 g/mol. The van der Waals surface area contributed by atoms with E-state index in [1.54, 1.807) is 0 Å². The summed E-state index contributed by atoms with van der Waals surface area (Å²) in [5.41, 5.74) is 3.28. The van der Waals surface area contributed by atoms with Crippen molar-refractivity contribution in [1.82, 2.24) is 5.32 Å². The lowest BCUT2D eigenvalue weighted by Crippen LogP contribution is -2.43. The predicted octanol–water partition coefficient (Wildman–Crippen LogP) is 5.34. The molecule has 0 amide bonds. The van der Waals surface area contributed by atoms with Gasteiger partial charge in [0.15, 0.2) is 0 Å². The molecule has 2 rings (SSSR count). The number of hydrogen-bond acceptors (Lipinski definition) is 1. The lowest BCUT2D eigenvalue weighted by Gasteiger charge is -2.45. The van der Waals surface area contributed by atoms with Crippen LogP contribution in [-0.2, 0) is 6.54 Å². The second-order valence-corrected chi connectivity index (χ2v) is 8.49. The molecule has 0 radical (unpaired) electrons. The molecule has 1 fully saturated rings. The topological polar surface area (TPSA) is 12.0 Å². The lowest BCUT2D eigenvalue weighted by atomic mass is 9.63. The van der Waals surface area contributed by atoms with Gasteiger partial charge in [-0.25, -0.2) is 0 Å². The first-order chi connectivity index (χ1) is 9.17. The molecule has 112 valence electrons. The molecule has 0 aromatic heterocycles. The Labute approximate surface area is 129 Å². The van der Waals surface area contributed by atoms with E-state index in [9.17, 15) is 0 Å². The second-order valence-electron chi connectivity index (χ2n) is 8.09. The SMILES string of the molecule is Cc1ccc(CNC2CC(C)(C)CC(C)(C)C2)c(Cl)c1. The highest BCUT2D eigenvalue weighted by Crippen LogP contribution is 2.45. The van der Waals surface area contributed by atoms with Gasteiger partial charge in [-0.3, -0.25) is 0 Å². The van der Waals surface area contributed by atoms with Crippen LogP contribution in [0, 0.1) is 17.8 Å². The molecule has 1 aliphatic carbocycles. The maximum Gasteiger partial charge on any atom is 0.0453 e. The molecule has 0 unspecified atom stereocenters. The van der Waals surface area contributed by atoms with Crippen molar-refractivity contribution >= 4 is 11.6 Å². The number of halogens is 1.